The molecule has 6 nitrogen and oxygen atoms in total. The zero-order chi connectivity index (χ0) is 20.6. The number of piperazine rings is 1. The summed E-state index contributed by atoms with van der Waals surface area (Å²) >= 11 is 0. The summed E-state index contributed by atoms with van der Waals surface area (Å²) < 4.78 is 27.0. The fourth-order valence-corrected chi connectivity index (χ4v) is 3.27. The Hall–Kier alpha value is -2.01. The molecule has 164 valence electrons. The van der Waals surface area contributed by atoms with Gasteiger partial charge in [-0.05, 0) is 36.4 Å². The van der Waals surface area contributed by atoms with Gasteiger partial charge in [0.25, 0.3) is 0 Å². The maximum Gasteiger partial charge on any atom is 0.191 e. The fourth-order valence-electron chi connectivity index (χ4n) is 3.27. The van der Waals surface area contributed by atoms with Gasteiger partial charge < -0.3 is 20.4 Å². The minimum Gasteiger partial charge on any atom is -0.354 e. The van der Waals surface area contributed by atoms with Crippen LogP contribution in [0.3, 0.4) is 0 Å². The first-order valence-corrected chi connectivity index (χ1v) is 9.89. The molecule has 0 spiro atoms. The molecule has 0 radical (unpaired) electrons. The Bertz CT molecular complexity index is 823. The molecule has 0 unspecified atom stereocenters. The van der Waals surface area contributed by atoms with Gasteiger partial charge >= 0.3 is 0 Å². The summed E-state index contributed by atoms with van der Waals surface area (Å²) in [5.74, 6) is 0.587. The molecule has 0 atom stereocenters. The quantitative estimate of drug-likeness (QED) is 0.342. The van der Waals surface area contributed by atoms with Crippen LogP contribution in [-0.4, -0.2) is 55.6 Å². The number of nitrogens with zero attached hydrogens (tertiary/aromatic N) is 4. The number of likely N-dealkylation sites (N-methyl/N-ethyl adjacent to an activating group) is 1. The smallest absolute Gasteiger partial charge is 0.191 e. The molecular weight excluding hydrogens is 501 g/mol. The predicted molar refractivity (Wildman–Crippen MR) is 127 cm³/mol. The van der Waals surface area contributed by atoms with E-state index in [1.54, 1.807) is 7.05 Å². The molecule has 2 heterocycles. The van der Waals surface area contributed by atoms with E-state index in [9.17, 15) is 8.78 Å². The van der Waals surface area contributed by atoms with Gasteiger partial charge in [-0.2, -0.15) is 0 Å². The molecule has 1 aromatic carbocycles. The Morgan fingerprint density at radius 3 is 2.43 bits per heavy atom. The van der Waals surface area contributed by atoms with Crippen LogP contribution < -0.4 is 15.5 Å². The summed E-state index contributed by atoms with van der Waals surface area (Å²) in [6.45, 7) is 8.06. The molecule has 1 saturated heterocycles. The lowest BCUT2D eigenvalue weighted by atomic mass is 10.2. The minimum absolute atomic E-state index is 0. The third-order valence-corrected chi connectivity index (χ3v) is 5.09. The van der Waals surface area contributed by atoms with Crippen LogP contribution >= 0.6 is 24.0 Å². The number of rotatable bonds is 6. The molecule has 3 rings (SSSR count). The second-order valence-electron chi connectivity index (χ2n) is 6.96. The number of hydrogen-bond donors (Lipinski definition) is 2. The lowest BCUT2D eigenvalue weighted by Gasteiger charge is -2.34. The molecule has 0 saturated carbocycles. The molecule has 30 heavy (non-hydrogen) atoms. The van der Waals surface area contributed by atoms with Gasteiger partial charge in [-0.1, -0.05) is 13.0 Å². The van der Waals surface area contributed by atoms with E-state index in [1.165, 1.54) is 6.07 Å². The molecule has 1 aromatic heterocycles. The van der Waals surface area contributed by atoms with Crippen molar-refractivity contribution in [1.29, 1.82) is 0 Å². The van der Waals surface area contributed by atoms with Crippen molar-refractivity contribution in [3.8, 4) is 0 Å². The minimum atomic E-state index is -0.464. The van der Waals surface area contributed by atoms with Crippen LogP contribution in [0.4, 0.5) is 14.6 Å². The zero-order valence-electron chi connectivity index (χ0n) is 17.4. The lowest BCUT2D eigenvalue weighted by molar-refractivity contribution is 0.270. The van der Waals surface area contributed by atoms with Gasteiger partial charge in [0.05, 0.1) is 0 Å². The Morgan fingerprint density at radius 2 is 1.80 bits per heavy atom. The highest BCUT2D eigenvalue weighted by atomic mass is 127. The SMILES string of the molecule is CCN1CCN(c2ccc(CNC(=NC)NCc3cc(F)ccc3F)cn2)CC1.I. The van der Waals surface area contributed by atoms with E-state index in [4.69, 9.17) is 0 Å². The zero-order valence-corrected chi connectivity index (χ0v) is 19.7. The maximum atomic E-state index is 13.7. The van der Waals surface area contributed by atoms with Crippen LogP contribution in [0.15, 0.2) is 41.5 Å². The summed E-state index contributed by atoms with van der Waals surface area (Å²) in [5, 5.41) is 6.16. The third-order valence-electron chi connectivity index (χ3n) is 5.09. The van der Waals surface area contributed by atoms with Crippen molar-refractivity contribution in [3.05, 3.63) is 59.3 Å². The van der Waals surface area contributed by atoms with Crippen molar-refractivity contribution in [2.24, 2.45) is 4.99 Å². The van der Waals surface area contributed by atoms with Crippen molar-refractivity contribution in [2.75, 3.05) is 44.7 Å². The average Bonchev–Trinajstić information content (AvgIpc) is 2.76. The Balaban J connectivity index is 0.00000320. The van der Waals surface area contributed by atoms with E-state index in [2.05, 4.69) is 37.3 Å². The van der Waals surface area contributed by atoms with E-state index in [-0.39, 0.29) is 36.1 Å². The number of pyridine rings is 1. The number of halogens is 3. The molecule has 2 N–H and O–H groups in total. The van der Waals surface area contributed by atoms with Gasteiger partial charge in [0.2, 0.25) is 0 Å². The van der Waals surface area contributed by atoms with Crippen LogP contribution in [0, 0.1) is 11.6 Å². The standard InChI is InChI=1S/C21H28F2N6.HI/c1-3-28-8-10-29(11-9-28)20-7-4-16(13-25-20)14-26-21(24-2)27-15-17-12-18(22)5-6-19(17)23;/h4-7,12-13H,3,8-11,14-15H2,1-2H3,(H2,24,26,27);1H. The molecule has 1 fully saturated rings. The first-order chi connectivity index (χ1) is 14.1. The average molecular weight is 530 g/mol. The number of guanidine groups is 1. The van der Waals surface area contributed by atoms with Gasteiger partial charge in [0, 0.05) is 58.1 Å². The summed E-state index contributed by atoms with van der Waals surface area (Å²) in [6.07, 6.45) is 1.86. The summed E-state index contributed by atoms with van der Waals surface area (Å²) in [4.78, 5) is 13.4. The number of anilines is 1. The summed E-state index contributed by atoms with van der Waals surface area (Å²) in [5.41, 5.74) is 1.27. The summed E-state index contributed by atoms with van der Waals surface area (Å²) in [6, 6.07) is 7.49. The molecule has 1 aliphatic rings. The first kappa shape index (κ1) is 24.3. The van der Waals surface area contributed by atoms with E-state index < -0.39 is 11.6 Å². The topological polar surface area (TPSA) is 55.8 Å². The fraction of sp³-hybridized carbons (Fsp3) is 0.429. The van der Waals surface area contributed by atoms with Crippen LogP contribution in [0.2, 0.25) is 0 Å². The second kappa shape index (κ2) is 12.0. The van der Waals surface area contributed by atoms with E-state index in [1.807, 2.05) is 18.3 Å². The van der Waals surface area contributed by atoms with Crippen LogP contribution in [-0.2, 0) is 13.1 Å². The van der Waals surface area contributed by atoms with Crippen molar-refractivity contribution in [2.45, 2.75) is 20.0 Å². The molecule has 2 aromatic rings. The molecule has 0 aliphatic carbocycles. The number of hydrogen-bond acceptors (Lipinski definition) is 4. The van der Waals surface area contributed by atoms with E-state index in [0.29, 0.717) is 12.5 Å². The molecule has 9 heteroatoms. The van der Waals surface area contributed by atoms with Crippen molar-refractivity contribution in [1.82, 2.24) is 20.5 Å². The molecule has 0 amide bonds. The number of nitrogens with one attached hydrogen (secondary N) is 2. The highest BCUT2D eigenvalue weighted by molar-refractivity contribution is 14.0. The van der Waals surface area contributed by atoms with Crippen molar-refractivity contribution >= 4 is 35.8 Å². The van der Waals surface area contributed by atoms with Crippen molar-refractivity contribution < 1.29 is 8.78 Å². The predicted octanol–water partition coefficient (Wildman–Crippen LogP) is 2.98. The number of aliphatic imine (C=N–C) groups is 1. The van der Waals surface area contributed by atoms with E-state index >= 15 is 0 Å². The van der Waals surface area contributed by atoms with Crippen LogP contribution in [0.25, 0.3) is 0 Å². The highest BCUT2D eigenvalue weighted by Gasteiger charge is 2.16. The van der Waals surface area contributed by atoms with Gasteiger partial charge in [-0.3, -0.25) is 4.99 Å². The molecule has 0 bridgehead atoms. The largest absolute Gasteiger partial charge is 0.354 e. The summed E-state index contributed by atoms with van der Waals surface area (Å²) in [7, 11) is 1.63. The van der Waals surface area contributed by atoms with E-state index in [0.717, 1.165) is 56.2 Å². The molecular formula is C21H29F2IN6. The monoisotopic (exact) mass is 530 g/mol. The normalized spacial score (nSPS) is 14.9. The van der Waals surface area contributed by atoms with Gasteiger partial charge in [-0.15, -0.1) is 24.0 Å². The molecule has 1 aliphatic heterocycles. The van der Waals surface area contributed by atoms with Crippen LogP contribution in [0.5, 0.6) is 0 Å². The first-order valence-electron chi connectivity index (χ1n) is 9.89. The second-order valence-corrected chi connectivity index (χ2v) is 6.96. The third kappa shape index (κ3) is 6.76. The van der Waals surface area contributed by atoms with Crippen LogP contribution in [0.1, 0.15) is 18.1 Å². The van der Waals surface area contributed by atoms with Gasteiger partial charge in [-0.25, -0.2) is 13.8 Å². The van der Waals surface area contributed by atoms with Gasteiger partial charge in [0.1, 0.15) is 17.5 Å². The van der Waals surface area contributed by atoms with Gasteiger partial charge in [0.15, 0.2) is 5.96 Å². The maximum absolute atomic E-state index is 13.7. The highest BCUT2D eigenvalue weighted by Crippen LogP contribution is 2.14. The number of benzene rings is 1. The lowest BCUT2D eigenvalue weighted by Crippen LogP contribution is -2.46. The number of aromatic nitrogens is 1. The van der Waals surface area contributed by atoms with Crippen molar-refractivity contribution in [3.63, 3.8) is 0 Å². The Kier molecular flexibility index (Phi) is 9.70. The Labute approximate surface area is 193 Å². The Morgan fingerprint density at radius 1 is 1.07 bits per heavy atom.